The van der Waals surface area contributed by atoms with Gasteiger partial charge in [-0.1, -0.05) is 49.4 Å². The Morgan fingerprint density at radius 2 is 1.74 bits per heavy atom. The van der Waals surface area contributed by atoms with Crippen molar-refractivity contribution in [3.8, 4) is 5.75 Å². The Labute approximate surface area is 192 Å². The van der Waals surface area contributed by atoms with Crippen LogP contribution >= 0.6 is 23.5 Å². The average Bonchev–Trinajstić information content (AvgIpc) is 2.83. The fraction of sp³-hybridized carbons (Fsp3) is 0.417. The molecule has 0 saturated carbocycles. The highest BCUT2D eigenvalue weighted by molar-refractivity contribution is 8.16. The van der Waals surface area contributed by atoms with Crippen molar-refractivity contribution in [2.75, 3.05) is 31.8 Å². The third kappa shape index (κ3) is 7.21. The molecule has 1 atom stereocenters. The number of carbonyl (C=O) groups excluding carboxylic acids is 2. The van der Waals surface area contributed by atoms with Crippen LogP contribution in [0, 0.1) is 5.92 Å². The lowest BCUT2D eigenvalue weighted by molar-refractivity contribution is -0.147. The second kappa shape index (κ2) is 12.1. The maximum atomic E-state index is 12.9. The van der Waals surface area contributed by atoms with Crippen molar-refractivity contribution >= 4 is 35.4 Å². The smallest absolute Gasteiger partial charge is 0.310 e. The van der Waals surface area contributed by atoms with E-state index in [1.807, 2.05) is 66.0 Å². The van der Waals surface area contributed by atoms with E-state index in [-0.39, 0.29) is 25.0 Å². The van der Waals surface area contributed by atoms with E-state index in [1.165, 1.54) is 30.6 Å². The highest BCUT2D eigenvalue weighted by Gasteiger charge is 2.22. The molecule has 0 bridgehead atoms. The number of hydrogen-bond acceptors (Lipinski definition) is 6. The molecule has 2 aromatic rings. The van der Waals surface area contributed by atoms with Gasteiger partial charge in [-0.3, -0.25) is 9.59 Å². The zero-order valence-electron chi connectivity index (χ0n) is 18.0. The number of benzene rings is 2. The molecule has 0 radical (unpaired) electrons. The van der Waals surface area contributed by atoms with Gasteiger partial charge in [0, 0.05) is 13.1 Å². The van der Waals surface area contributed by atoms with Gasteiger partial charge >= 0.3 is 5.97 Å². The van der Waals surface area contributed by atoms with E-state index in [2.05, 4.69) is 12.1 Å². The van der Waals surface area contributed by atoms with Crippen LogP contribution in [0.3, 0.4) is 0 Å². The predicted octanol–water partition coefficient (Wildman–Crippen LogP) is 4.77. The lowest BCUT2D eigenvalue weighted by atomic mass is 10.1. The molecule has 1 saturated heterocycles. The van der Waals surface area contributed by atoms with E-state index >= 15 is 0 Å². The van der Waals surface area contributed by atoms with Crippen molar-refractivity contribution in [2.45, 2.75) is 24.5 Å². The lowest BCUT2D eigenvalue weighted by Gasteiger charge is -2.25. The van der Waals surface area contributed by atoms with Crippen molar-refractivity contribution < 1.29 is 19.1 Å². The predicted molar refractivity (Wildman–Crippen MR) is 127 cm³/mol. The third-order valence-electron chi connectivity index (χ3n) is 5.01. The molecular weight excluding hydrogens is 430 g/mol. The largest absolute Gasteiger partial charge is 0.484 e. The fourth-order valence-corrected chi connectivity index (χ4v) is 6.20. The Morgan fingerprint density at radius 1 is 1.06 bits per heavy atom. The van der Waals surface area contributed by atoms with Crippen LogP contribution in [0.1, 0.15) is 29.1 Å². The lowest BCUT2D eigenvalue weighted by Crippen LogP contribution is -2.39. The summed E-state index contributed by atoms with van der Waals surface area (Å²) in [7, 11) is 1.36. The van der Waals surface area contributed by atoms with Crippen LogP contribution in [0.15, 0.2) is 54.6 Å². The molecule has 166 valence electrons. The Hall–Kier alpha value is -2.12. The summed E-state index contributed by atoms with van der Waals surface area (Å²) in [5.74, 6) is 2.16. The van der Waals surface area contributed by atoms with Crippen molar-refractivity contribution in [2.24, 2.45) is 5.92 Å². The van der Waals surface area contributed by atoms with Gasteiger partial charge in [-0.05, 0) is 41.2 Å². The zero-order chi connectivity index (χ0) is 22.1. The number of hydrogen-bond donors (Lipinski definition) is 0. The van der Waals surface area contributed by atoms with E-state index in [0.717, 1.165) is 5.56 Å². The summed E-state index contributed by atoms with van der Waals surface area (Å²) in [6.45, 7) is 2.38. The molecule has 1 unspecified atom stereocenters. The number of amides is 1. The van der Waals surface area contributed by atoms with Crippen LogP contribution in [-0.4, -0.2) is 48.5 Å². The van der Waals surface area contributed by atoms with Gasteiger partial charge in [-0.25, -0.2) is 0 Å². The van der Waals surface area contributed by atoms with E-state index in [4.69, 9.17) is 9.47 Å². The Kier molecular flexibility index (Phi) is 9.15. The highest BCUT2D eigenvalue weighted by Crippen LogP contribution is 2.43. The molecule has 0 spiro atoms. The summed E-state index contributed by atoms with van der Waals surface area (Å²) in [6, 6.07) is 17.7. The van der Waals surface area contributed by atoms with E-state index in [1.54, 1.807) is 11.8 Å². The van der Waals surface area contributed by atoms with Crippen LogP contribution in [-0.2, 0) is 20.9 Å². The number of carbonyl (C=O) groups is 2. The molecule has 1 fully saturated rings. The first-order valence-electron chi connectivity index (χ1n) is 10.4. The quantitative estimate of drug-likeness (QED) is 0.504. The van der Waals surface area contributed by atoms with Crippen LogP contribution in [0.5, 0.6) is 5.75 Å². The minimum atomic E-state index is -0.414. The monoisotopic (exact) mass is 459 g/mol. The molecule has 1 amide bonds. The molecule has 7 heteroatoms. The molecule has 3 rings (SSSR count). The van der Waals surface area contributed by atoms with Gasteiger partial charge in [0.05, 0.1) is 17.6 Å². The van der Waals surface area contributed by atoms with Crippen LogP contribution in [0.25, 0.3) is 0 Å². The van der Waals surface area contributed by atoms with E-state index in [0.29, 0.717) is 16.9 Å². The summed E-state index contributed by atoms with van der Waals surface area (Å²) >= 11 is 3.96. The maximum absolute atomic E-state index is 12.9. The minimum absolute atomic E-state index is 0.0764. The van der Waals surface area contributed by atoms with Gasteiger partial charge in [0.25, 0.3) is 5.91 Å². The molecule has 1 aliphatic rings. The van der Waals surface area contributed by atoms with Gasteiger partial charge in [0.15, 0.2) is 6.61 Å². The van der Waals surface area contributed by atoms with Crippen molar-refractivity contribution in [3.05, 3.63) is 65.7 Å². The standard InChI is InChI=1S/C24H29NO4S2/c1-18(23(27)28-2)15-25(16-19-7-4-3-5-8-19)22(26)17-29-21-11-9-20(10-12-21)24-30-13-6-14-31-24/h3-5,7-12,18,24H,6,13-17H2,1-2H3. The van der Waals surface area contributed by atoms with Crippen LogP contribution < -0.4 is 4.74 Å². The molecule has 0 N–H and O–H groups in total. The average molecular weight is 460 g/mol. The number of rotatable bonds is 9. The first-order valence-corrected chi connectivity index (χ1v) is 12.5. The summed E-state index contributed by atoms with van der Waals surface area (Å²) in [5, 5.41) is 0. The molecule has 1 aliphatic heterocycles. The van der Waals surface area contributed by atoms with Gasteiger partial charge in [-0.2, -0.15) is 0 Å². The third-order valence-corrected chi connectivity index (χ3v) is 8.02. The van der Waals surface area contributed by atoms with Gasteiger partial charge in [0.2, 0.25) is 0 Å². The Balaban J connectivity index is 1.60. The van der Waals surface area contributed by atoms with Crippen LogP contribution in [0.2, 0.25) is 0 Å². The Bertz CT molecular complexity index is 838. The zero-order valence-corrected chi connectivity index (χ0v) is 19.6. The summed E-state index contributed by atoms with van der Waals surface area (Å²) in [4.78, 5) is 26.4. The molecule has 2 aromatic carbocycles. The number of methoxy groups -OCH3 is 1. The van der Waals surface area contributed by atoms with Crippen molar-refractivity contribution in [3.63, 3.8) is 0 Å². The minimum Gasteiger partial charge on any atom is -0.484 e. The second-order valence-electron chi connectivity index (χ2n) is 7.47. The number of ether oxygens (including phenoxy) is 2. The van der Waals surface area contributed by atoms with E-state index in [9.17, 15) is 9.59 Å². The van der Waals surface area contributed by atoms with Crippen LogP contribution in [0.4, 0.5) is 0 Å². The van der Waals surface area contributed by atoms with E-state index < -0.39 is 5.92 Å². The van der Waals surface area contributed by atoms with Gasteiger partial charge < -0.3 is 14.4 Å². The fourth-order valence-electron chi connectivity index (χ4n) is 3.30. The maximum Gasteiger partial charge on any atom is 0.310 e. The number of esters is 1. The topological polar surface area (TPSA) is 55.8 Å². The first-order chi connectivity index (χ1) is 15.1. The summed E-state index contributed by atoms with van der Waals surface area (Å²) in [6.07, 6.45) is 1.27. The number of thioether (sulfide) groups is 2. The summed E-state index contributed by atoms with van der Waals surface area (Å²) in [5.41, 5.74) is 2.28. The molecular formula is C24H29NO4S2. The first kappa shape index (κ1) is 23.5. The van der Waals surface area contributed by atoms with Crippen molar-refractivity contribution in [1.29, 1.82) is 0 Å². The number of nitrogens with zero attached hydrogens (tertiary/aromatic N) is 1. The second-order valence-corrected chi connectivity index (χ2v) is 10.2. The Morgan fingerprint density at radius 3 is 2.39 bits per heavy atom. The normalized spacial score (nSPS) is 15.2. The molecule has 0 aliphatic carbocycles. The molecule has 5 nitrogen and oxygen atoms in total. The van der Waals surface area contributed by atoms with Gasteiger partial charge in [0.1, 0.15) is 5.75 Å². The van der Waals surface area contributed by atoms with Crippen molar-refractivity contribution in [1.82, 2.24) is 4.90 Å². The molecule has 31 heavy (non-hydrogen) atoms. The van der Waals surface area contributed by atoms with Gasteiger partial charge in [-0.15, -0.1) is 23.5 Å². The molecule has 0 aromatic heterocycles. The molecule has 1 heterocycles. The SMILES string of the molecule is COC(=O)C(C)CN(Cc1ccccc1)C(=O)COc1ccc(C2SCCCS2)cc1. The highest BCUT2D eigenvalue weighted by atomic mass is 32.2. The summed E-state index contributed by atoms with van der Waals surface area (Å²) < 4.78 is 11.1.